The van der Waals surface area contributed by atoms with Gasteiger partial charge in [0.25, 0.3) is 0 Å². The van der Waals surface area contributed by atoms with Crippen LogP contribution in [0, 0.1) is 5.92 Å². The van der Waals surface area contributed by atoms with E-state index in [1.165, 1.54) is 6.42 Å². The third-order valence-corrected chi connectivity index (χ3v) is 3.31. The summed E-state index contributed by atoms with van der Waals surface area (Å²) in [4.78, 5) is 8.39. The van der Waals surface area contributed by atoms with Gasteiger partial charge in [-0.1, -0.05) is 13.3 Å². The van der Waals surface area contributed by atoms with Crippen molar-refractivity contribution < 1.29 is 5.11 Å². The summed E-state index contributed by atoms with van der Waals surface area (Å²) in [5, 5.41) is 12.6. The summed E-state index contributed by atoms with van der Waals surface area (Å²) in [5.41, 5.74) is 1.05. The minimum atomic E-state index is 0.267. The first-order chi connectivity index (χ1) is 7.83. The fourth-order valence-electron chi connectivity index (χ4n) is 2.31. The quantitative estimate of drug-likeness (QED) is 0.811. The highest BCUT2D eigenvalue weighted by Gasteiger charge is 2.26. The number of aromatic nitrogens is 2. The van der Waals surface area contributed by atoms with Gasteiger partial charge in [-0.3, -0.25) is 0 Å². The number of aryl methyl sites for hydroxylation is 1. The zero-order valence-corrected chi connectivity index (χ0v) is 9.69. The number of aliphatic hydroxyl groups is 1. The lowest BCUT2D eigenvalue weighted by atomic mass is 10.1. The zero-order chi connectivity index (χ0) is 11.4. The van der Waals surface area contributed by atoms with Gasteiger partial charge in [0.1, 0.15) is 12.1 Å². The molecule has 1 fully saturated rings. The van der Waals surface area contributed by atoms with Crippen molar-refractivity contribution in [3.63, 3.8) is 0 Å². The lowest BCUT2D eigenvalue weighted by molar-refractivity contribution is 0.222. The van der Waals surface area contributed by atoms with Crippen LogP contribution in [0.3, 0.4) is 0 Å². The SMILES string of the molecule is CCc1cc(NC2CCCC2CO)ncn1. The summed E-state index contributed by atoms with van der Waals surface area (Å²) in [6.07, 6.45) is 5.94. The van der Waals surface area contributed by atoms with Crippen LogP contribution in [0.2, 0.25) is 0 Å². The second-order valence-corrected chi connectivity index (χ2v) is 4.37. The molecule has 0 bridgehead atoms. The molecule has 2 N–H and O–H groups in total. The molecule has 1 heterocycles. The minimum Gasteiger partial charge on any atom is -0.396 e. The first-order valence-corrected chi connectivity index (χ1v) is 6.01. The highest BCUT2D eigenvalue weighted by atomic mass is 16.3. The smallest absolute Gasteiger partial charge is 0.129 e. The molecule has 1 aliphatic rings. The lowest BCUT2D eigenvalue weighted by Gasteiger charge is -2.19. The van der Waals surface area contributed by atoms with Crippen molar-refractivity contribution in [2.75, 3.05) is 11.9 Å². The molecule has 0 amide bonds. The molecule has 1 aromatic heterocycles. The van der Waals surface area contributed by atoms with Gasteiger partial charge in [0.05, 0.1) is 0 Å². The maximum Gasteiger partial charge on any atom is 0.129 e. The largest absolute Gasteiger partial charge is 0.396 e. The van der Waals surface area contributed by atoms with Crippen LogP contribution in [0.1, 0.15) is 31.9 Å². The Morgan fingerprint density at radius 1 is 1.44 bits per heavy atom. The van der Waals surface area contributed by atoms with E-state index in [1.54, 1.807) is 6.33 Å². The molecule has 2 atom stereocenters. The van der Waals surface area contributed by atoms with E-state index in [1.807, 2.05) is 6.07 Å². The predicted octanol–water partition coefficient (Wildman–Crippen LogP) is 1.61. The van der Waals surface area contributed by atoms with Crippen LogP contribution in [0.5, 0.6) is 0 Å². The molecule has 2 unspecified atom stereocenters. The Bertz CT molecular complexity index is 343. The van der Waals surface area contributed by atoms with Gasteiger partial charge in [-0.2, -0.15) is 0 Å². The van der Waals surface area contributed by atoms with Crippen LogP contribution in [-0.4, -0.2) is 27.7 Å². The third-order valence-electron chi connectivity index (χ3n) is 3.31. The van der Waals surface area contributed by atoms with E-state index in [0.717, 1.165) is 30.8 Å². The molecule has 0 aromatic carbocycles. The van der Waals surface area contributed by atoms with Crippen LogP contribution in [0.4, 0.5) is 5.82 Å². The van der Waals surface area contributed by atoms with Crippen molar-refractivity contribution in [3.8, 4) is 0 Å². The van der Waals surface area contributed by atoms with E-state index in [2.05, 4.69) is 22.2 Å². The second-order valence-electron chi connectivity index (χ2n) is 4.37. The van der Waals surface area contributed by atoms with E-state index < -0.39 is 0 Å². The Hall–Kier alpha value is -1.16. The van der Waals surface area contributed by atoms with Crippen molar-refractivity contribution in [1.82, 2.24) is 9.97 Å². The van der Waals surface area contributed by atoms with Gasteiger partial charge in [0, 0.05) is 30.3 Å². The van der Waals surface area contributed by atoms with Gasteiger partial charge in [0.2, 0.25) is 0 Å². The molecule has 1 saturated carbocycles. The van der Waals surface area contributed by atoms with E-state index in [0.29, 0.717) is 12.0 Å². The summed E-state index contributed by atoms with van der Waals surface area (Å²) in [7, 11) is 0. The maximum atomic E-state index is 9.24. The molecule has 0 radical (unpaired) electrons. The second kappa shape index (κ2) is 5.25. The Morgan fingerprint density at radius 2 is 2.31 bits per heavy atom. The zero-order valence-electron chi connectivity index (χ0n) is 9.69. The first-order valence-electron chi connectivity index (χ1n) is 6.01. The van der Waals surface area contributed by atoms with Crippen molar-refractivity contribution in [1.29, 1.82) is 0 Å². The summed E-state index contributed by atoms with van der Waals surface area (Å²) < 4.78 is 0. The number of nitrogens with one attached hydrogen (secondary N) is 1. The normalized spacial score (nSPS) is 24.6. The molecule has 0 saturated heterocycles. The molecule has 1 aromatic rings. The van der Waals surface area contributed by atoms with Gasteiger partial charge in [-0.15, -0.1) is 0 Å². The Kier molecular flexibility index (Phi) is 3.72. The minimum absolute atomic E-state index is 0.267. The van der Waals surface area contributed by atoms with Crippen LogP contribution in [0.25, 0.3) is 0 Å². The number of rotatable bonds is 4. The van der Waals surface area contributed by atoms with Crippen molar-refractivity contribution in [3.05, 3.63) is 18.1 Å². The maximum absolute atomic E-state index is 9.24. The monoisotopic (exact) mass is 221 g/mol. The lowest BCUT2D eigenvalue weighted by Crippen LogP contribution is -2.26. The van der Waals surface area contributed by atoms with Gasteiger partial charge in [-0.25, -0.2) is 9.97 Å². The summed E-state index contributed by atoms with van der Waals surface area (Å²) in [6, 6.07) is 2.36. The first kappa shape index (κ1) is 11.3. The number of hydrogen-bond donors (Lipinski definition) is 2. The van der Waals surface area contributed by atoms with Crippen LogP contribution in [0.15, 0.2) is 12.4 Å². The van der Waals surface area contributed by atoms with Crippen LogP contribution >= 0.6 is 0 Å². The van der Waals surface area contributed by atoms with E-state index in [9.17, 15) is 5.11 Å². The molecular weight excluding hydrogens is 202 g/mol. The van der Waals surface area contributed by atoms with Crippen LogP contribution < -0.4 is 5.32 Å². The summed E-state index contributed by atoms with van der Waals surface area (Å²) in [5.74, 6) is 1.26. The predicted molar refractivity (Wildman–Crippen MR) is 63.2 cm³/mol. The molecule has 0 aliphatic heterocycles. The Morgan fingerprint density at radius 3 is 3.06 bits per heavy atom. The topological polar surface area (TPSA) is 58.0 Å². The third kappa shape index (κ3) is 2.50. The van der Waals surface area contributed by atoms with Gasteiger partial charge >= 0.3 is 0 Å². The molecule has 88 valence electrons. The molecule has 0 spiro atoms. The standard InChI is InChI=1S/C12H19N3O/c1-2-10-6-12(14-8-13-10)15-11-5-3-4-9(11)7-16/h6,8-9,11,16H,2-5,7H2,1H3,(H,13,14,15). The Balaban J connectivity index is 2.02. The van der Waals surface area contributed by atoms with Gasteiger partial charge in [0.15, 0.2) is 0 Å². The number of nitrogens with zero attached hydrogens (tertiary/aromatic N) is 2. The average Bonchev–Trinajstić information content (AvgIpc) is 2.76. The van der Waals surface area contributed by atoms with Crippen molar-refractivity contribution in [2.45, 2.75) is 38.6 Å². The summed E-state index contributed by atoms with van der Waals surface area (Å²) >= 11 is 0. The van der Waals surface area contributed by atoms with Gasteiger partial charge < -0.3 is 10.4 Å². The fraction of sp³-hybridized carbons (Fsp3) is 0.667. The van der Waals surface area contributed by atoms with Crippen molar-refractivity contribution in [2.24, 2.45) is 5.92 Å². The number of anilines is 1. The number of aliphatic hydroxyl groups excluding tert-OH is 1. The van der Waals surface area contributed by atoms with E-state index in [4.69, 9.17) is 0 Å². The molecule has 16 heavy (non-hydrogen) atoms. The van der Waals surface area contributed by atoms with Crippen molar-refractivity contribution >= 4 is 5.82 Å². The average molecular weight is 221 g/mol. The van der Waals surface area contributed by atoms with E-state index in [-0.39, 0.29) is 6.61 Å². The summed E-state index contributed by atoms with van der Waals surface area (Å²) in [6.45, 7) is 2.35. The highest BCUT2D eigenvalue weighted by Crippen LogP contribution is 2.27. The fourth-order valence-corrected chi connectivity index (χ4v) is 2.31. The number of hydrogen-bond acceptors (Lipinski definition) is 4. The Labute approximate surface area is 96.1 Å². The molecule has 4 heteroatoms. The highest BCUT2D eigenvalue weighted by molar-refractivity contribution is 5.36. The molecule has 1 aliphatic carbocycles. The van der Waals surface area contributed by atoms with E-state index >= 15 is 0 Å². The molecular formula is C12H19N3O. The molecule has 2 rings (SSSR count). The van der Waals surface area contributed by atoms with Gasteiger partial charge in [-0.05, 0) is 19.3 Å². The molecule has 4 nitrogen and oxygen atoms in total. The van der Waals surface area contributed by atoms with Crippen LogP contribution in [-0.2, 0) is 6.42 Å².